The van der Waals surface area contributed by atoms with Gasteiger partial charge in [-0.05, 0) is 18.9 Å². The van der Waals surface area contributed by atoms with E-state index in [9.17, 15) is 18.0 Å². The summed E-state index contributed by atoms with van der Waals surface area (Å²) in [6.45, 7) is 2.47. The van der Waals surface area contributed by atoms with Crippen LogP contribution in [-0.4, -0.2) is 53.7 Å². The fraction of sp³-hybridized carbons (Fsp3) is 0.467. The number of rotatable bonds is 4. The molecule has 1 atom stereocenters. The van der Waals surface area contributed by atoms with Crippen molar-refractivity contribution in [2.24, 2.45) is 0 Å². The van der Waals surface area contributed by atoms with Crippen molar-refractivity contribution < 1.29 is 18.0 Å². The maximum atomic E-state index is 12.6. The molecular formula is C15H18N2O4S2. The Morgan fingerprint density at radius 3 is 2.74 bits per heavy atom. The van der Waals surface area contributed by atoms with Crippen molar-refractivity contribution in [1.82, 2.24) is 9.21 Å². The Labute approximate surface area is 139 Å². The van der Waals surface area contributed by atoms with Crippen molar-refractivity contribution in [3.05, 3.63) is 35.4 Å². The number of hydrogen-bond acceptors (Lipinski definition) is 5. The lowest BCUT2D eigenvalue weighted by atomic mass is 10.2. The fourth-order valence-electron chi connectivity index (χ4n) is 2.99. The van der Waals surface area contributed by atoms with E-state index in [0.29, 0.717) is 13.0 Å². The Bertz CT molecular complexity index is 732. The van der Waals surface area contributed by atoms with Gasteiger partial charge >= 0.3 is 0 Å². The molecule has 0 aromatic heterocycles. The molecular weight excluding hydrogens is 336 g/mol. The minimum absolute atomic E-state index is 0.0575. The molecule has 2 amide bonds. The van der Waals surface area contributed by atoms with Crippen LogP contribution >= 0.6 is 11.8 Å². The van der Waals surface area contributed by atoms with Gasteiger partial charge in [0.05, 0.1) is 17.5 Å². The van der Waals surface area contributed by atoms with E-state index in [4.69, 9.17) is 0 Å². The number of amides is 2. The number of carbonyl (C=O) groups excluding carboxylic acids is 2. The zero-order valence-corrected chi connectivity index (χ0v) is 14.4. The number of nitrogens with zero attached hydrogens (tertiary/aromatic N) is 2. The van der Waals surface area contributed by atoms with Crippen LogP contribution in [0.3, 0.4) is 0 Å². The Kier molecular flexibility index (Phi) is 4.48. The van der Waals surface area contributed by atoms with Crippen molar-refractivity contribution in [1.29, 1.82) is 0 Å². The fourth-order valence-corrected chi connectivity index (χ4v) is 5.34. The first-order valence-corrected chi connectivity index (χ1v) is 9.98. The molecule has 1 aromatic carbocycles. The molecule has 8 heteroatoms. The second kappa shape index (κ2) is 6.26. The third-order valence-electron chi connectivity index (χ3n) is 4.10. The van der Waals surface area contributed by atoms with E-state index in [0.717, 1.165) is 22.9 Å². The van der Waals surface area contributed by atoms with E-state index in [1.807, 2.05) is 25.1 Å². The molecule has 0 saturated carbocycles. The van der Waals surface area contributed by atoms with Crippen LogP contribution < -0.4 is 0 Å². The Morgan fingerprint density at radius 1 is 1.30 bits per heavy atom. The van der Waals surface area contributed by atoms with Gasteiger partial charge in [-0.25, -0.2) is 8.42 Å². The molecule has 0 spiro atoms. The number of imide groups is 1. The molecule has 0 radical (unpaired) electrons. The van der Waals surface area contributed by atoms with Gasteiger partial charge in [0.25, 0.3) is 5.24 Å². The van der Waals surface area contributed by atoms with Gasteiger partial charge in [0.1, 0.15) is 0 Å². The van der Waals surface area contributed by atoms with E-state index >= 15 is 0 Å². The smallest absolute Gasteiger partial charge is 0.273 e. The average molecular weight is 354 g/mol. The van der Waals surface area contributed by atoms with Gasteiger partial charge < -0.3 is 0 Å². The molecule has 2 aliphatic rings. The van der Waals surface area contributed by atoms with Crippen LogP contribution in [0.5, 0.6) is 0 Å². The first-order valence-electron chi connectivity index (χ1n) is 7.39. The van der Waals surface area contributed by atoms with Crippen LogP contribution in [0.15, 0.2) is 24.3 Å². The second-order valence-electron chi connectivity index (χ2n) is 5.86. The SMILES string of the molecule is Cc1cccc(CS(=O)(=O)N2CCC(N3C(=O)CSC3=O)C2)c1. The van der Waals surface area contributed by atoms with E-state index < -0.39 is 10.0 Å². The minimum Gasteiger partial charge on any atom is -0.273 e. The molecule has 2 fully saturated rings. The number of aryl methyl sites for hydroxylation is 1. The van der Waals surface area contributed by atoms with Gasteiger partial charge in [-0.2, -0.15) is 4.31 Å². The Balaban J connectivity index is 1.70. The van der Waals surface area contributed by atoms with Gasteiger partial charge in [-0.15, -0.1) is 0 Å². The number of sulfonamides is 1. The normalized spacial score (nSPS) is 23.0. The summed E-state index contributed by atoms with van der Waals surface area (Å²) in [5.41, 5.74) is 1.76. The van der Waals surface area contributed by atoms with E-state index in [2.05, 4.69) is 0 Å². The predicted molar refractivity (Wildman–Crippen MR) is 88.5 cm³/mol. The summed E-state index contributed by atoms with van der Waals surface area (Å²) in [4.78, 5) is 24.8. The lowest BCUT2D eigenvalue weighted by Gasteiger charge is -2.21. The highest BCUT2D eigenvalue weighted by molar-refractivity contribution is 8.14. The van der Waals surface area contributed by atoms with Gasteiger partial charge in [-0.3, -0.25) is 14.5 Å². The van der Waals surface area contributed by atoms with Crippen LogP contribution in [0.1, 0.15) is 17.5 Å². The third-order valence-corrected chi connectivity index (χ3v) is 6.75. The lowest BCUT2D eigenvalue weighted by Crippen LogP contribution is -2.41. The lowest BCUT2D eigenvalue weighted by molar-refractivity contribution is -0.126. The molecule has 2 aliphatic heterocycles. The molecule has 1 unspecified atom stereocenters. The minimum atomic E-state index is -3.45. The number of thioether (sulfide) groups is 1. The largest absolute Gasteiger partial charge is 0.289 e. The molecule has 2 saturated heterocycles. The molecule has 2 heterocycles. The van der Waals surface area contributed by atoms with Crippen LogP contribution in [0.4, 0.5) is 4.79 Å². The first-order chi connectivity index (χ1) is 10.9. The summed E-state index contributed by atoms with van der Waals surface area (Å²) in [7, 11) is -3.45. The molecule has 6 nitrogen and oxygen atoms in total. The predicted octanol–water partition coefficient (Wildman–Crippen LogP) is 1.59. The summed E-state index contributed by atoms with van der Waals surface area (Å²) < 4.78 is 26.5. The van der Waals surface area contributed by atoms with Crippen molar-refractivity contribution in [3.8, 4) is 0 Å². The highest BCUT2D eigenvalue weighted by Crippen LogP contribution is 2.28. The summed E-state index contributed by atoms with van der Waals surface area (Å²) in [6, 6.07) is 7.07. The van der Waals surface area contributed by atoms with E-state index in [1.54, 1.807) is 6.07 Å². The highest BCUT2D eigenvalue weighted by Gasteiger charge is 2.41. The summed E-state index contributed by atoms with van der Waals surface area (Å²) >= 11 is 0.983. The van der Waals surface area contributed by atoms with Gasteiger partial charge in [0, 0.05) is 13.1 Å². The molecule has 0 N–H and O–H groups in total. The molecule has 0 bridgehead atoms. The quantitative estimate of drug-likeness (QED) is 0.821. The maximum absolute atomic E-state index is 12.6. The van der Waals surface area contributed by atoms with Crippen LogP contribution in [0, 0.1) is 6.92 Å². The molecule has 23 heavy (non-hydrogen) atoms. The van der Waals surface area contributed by atoms with Crippen LogP contribution in [0.25, 0.3) is 0 Å². The van der Waals surface area contributed by atoms with E-state index in [-0.39, 0.29) is 35.2 Å². The summed E-state index contributed by atoms with van der Waals surface area (Å²) in [6.07, 6.45) is 0.505. The third kappa shape index (κ3) is 3.44. The number of carbonyl (C=O) groups is 2. The standard InChI is InChI=1S/C15H18N2O4S2/c1-11-3-2-4-12(7-11)10-23(20,21)16-6-5-13(8-16)17-14(18)9-22-15(17)19/h2-4,7,13H,5-6,8-10H2,1H3. The highest BCUT2D eigenvalue weighted by atomic mass is 32.2. The van der Waals surface area contributed by atoms with Crippen molar-refractivity contribution in [3.63, 3.8) is 0 Å². The maximum Gasteiger partial charge on any atom is 0.289 e. The second-order valence-corrected chi connectivity index (χ2v) is 8.76. The molecule has 3 rings (SSSR count). The van der Waals surface area contributed by atoms with Gasteiger partial charge in [0.15, 0.2) is 0 Å². The van der Waals surface area contributed by atoms with Gasteiger partial charge in [0.2, 0.25) is 15.9 Å². The van der Waals surface area contributed by atoms with Crippen molar-refractivity contribution in [2.75, 3.05) is 18.8 Å². The summed E-state index contributed by atoms with van der Waals surface area (Å²) in [5.74, 6) is -0.119. The van der Waals surface area contributed by atoms with Gasteiger partial charge in [-0.1, -0.05) is 41.6 Å². The zero-order valence-electron chi connectivity index (χ0n) is 12.8. The Morgan fingerprint density at radius 2 is 2.09 bits per heavy atom. The van der Waals surface area contributed by atoms with Crippen LogP contribution in [0.2, 0.25) is 0 Å². The Hall–Kier alpha value is -1.38. The first kappa shape index (κ1) is 16.5. The van der Waals surface area contributed by atoms with E-state index in [1.165, 1.54) is 9.21 Å². The number of benzene rings is 1. The number of hydrogen-bond donors (Lipinski definition) is 0. The molecule has 1 aromatic rings. The zero-order chi connectivity index (χ0) is 16.6. The molecule has 124 valence electrons. The molecule has 0 aliphatic carbocycles. The monoisotopic (exact) mass is 354 g/mol. The average Bonchev–Trinajstić information content (AvgIpc) is 3.06. The topological polar surface area (TPSA) is 74.8 Å². The summed E-state index contributed by atoms with van der Waals surface area (Å²) in [5, 5.41) is -0.266. The van der Waals surface area contributed by atoms with Crippen LogP contribution in [-0.2, 0) is 20.6 Å². The van der Waals surface area contributed by atoms with Crippen molar-refractivity contribution >= 4 is 32.9 Å². The van der Waals surface area contributed by atoms with Crippen molar-refractivity contribution in [2.45, 2.75) is 25.1 Å².